The molecule has 0 fully saturated rings. The highest BCUT2D eigenvalue weighted by molar-refractivity contribution is 6.37. The normalized spacial score (nSPS) is 11.1. The van der Waals surface area contributed by atoms with Gasteiger partial charge in [0, 0.05) is 18.0 Å². The quantitative estimate of drug-likeness (QED) is 0.903. The Morgan fingerprint density at radius 1 is 1.40 bits per heavy atom. The molecule has 0 aliphatic heterocycles. The number of fused-ring (bicyclic) bond motifs is 1. The first-order valence-corrected chi connectivity index (χ1v) is 5.35. The molecule has 0 aliphatic carbocycles. The van der Waals surface area contributed by atoms with Crippen LogP contribution in [0.2, 0.25) is 10.0 Å². The SMILES string of the molecule is CNCCc1nc2cc(Cl)cc(Cl)c2o1. The highest BCUT2D eigenvalue weighted by Gasteiger charge is 2.09. The lowest BCUT2D eigenvalue weighted by atomic mass is 10.3. The van der Waals surface area contributed by atoms with Gasteiger partial charge in [-0.1, -0.05) is 23.2 Å². The largest absolute Gasteiger partial charge is 0.439 e. The Morgan fingerprint density at radius 2 is 2.20 bits per heavy atom. The molecule has 0 radical (unpaired) electrons. The van der Waals surface area contributed by atoms with Gasteiger partial charge in [0.05, 0.1) is 5.02 Å². The molecular weight excluding hydrogens is 235 g/mol. The number of benzene rings is 1. The average Bonchev–Trinajstić information content (AvgIpc) is 2.57. The smallest absolute Gasteiger partial charge is 0.196 e. The standard InChI is InChI=1S/C10H10Cl2N2O/c1-13-3-2-9-14-8-5-6(11)4-7(12)10(8)15-9/h4-5,13H,2-3H2,1H3. The number of nitrogens with one attached hydrogen (secondary N) is 1. The molecule has 1 N–H and O–H groups in total. The summed E-state index contributed by atoms with van der Waals surface area (Å²) >= 11 is 11.8. The fourth-order valence-corrected chi connectivity index (χ4v) is 1.87. The summed E-state index contributed by atoms with van der Waals surface area (Å²) < 4.78 is 5.51. The maximum absolute atomic E-state index is 5.98. The van der Waals surface area contributed by atoms with Crippen molar-refractivity contribution in [2.24, 2.45) is 0 Å². The van der Waals surface area contributed by atoms with Crippen LogP contribution in [0.3, 0.4) is 0 Å². The van der Waals surface area contributed by atoms with E-state index in [2.05, 4.69) is 10.3 Å². The number of hydrogen-bond acceptors (Lipinski definition) is 3. The maximum atomic E-state index is 5.98. The van der Waals surface area contributed by atoms with Crippen LogP contribution in [-0.2, 0) is 6.42 Å². The summed E-state index contributed by atoms with van der Waals surface area (Å²) in [6.45, 7) is 0.818. The molecule has 0 bridgehead atoms. The zero-order valence-corrected chi connectivity index (χ0v) is 9.69. The van der Waals surface area contributed by atoms with Gasteiger partial charge < -0.3 is 9.73 Å². The van der Waals surface area contributed by atoms with Crippen LogP contribution in [0.15, 0.2) is 16.5 Å². The molecule has 1 heterocycles. The van der Waals surface area contributed by atoms with E-state index in [0.29, 0.717) is 27.0 Å². The highest BCUT2D eigenvalue weighted by Crippen LogP contribution is 2.28. The summed E-state index contributed by atoms with van der Waals surface area (Å²) in [5.74, 6) is 0.670. The van der Waals surface area contributed by atoms with E-state index in [1.54, 1.807) is 12.1 Å². The summed E-state index contributed by atoms with van der Waals surface area (Å²) in [4.78, 5) is 4.30. The van der Waals surface area contributed by atoms with Crippen LogP contribution in [0.1, 0.15) is 5.89 Å². The first-order valence-electron chi connectivity index (χ1n) is 4.60. The Hall–Kier alpha value is -0.770. The van der Waals surface area contributed by atoms with Crippen LogP contribution in [-0.4, -0.2) is 18.6 Å². The number of aromatic nitrogens is 1. The van der Waals surface area contributed by atoms with Gasteiger partial charge in [0.1, 0.15) is 5.52 Å². The third-order valence-corrected chi connectivity index (χ3v) is 2.54. The molecule has 1 aromatic carbocycles. The van der Waals surface area contributed by atoms with Gasteiger partial charge in [0.25, 0.3) is 0 Å². The molecule has 1 aromatic heterocycles. The van der Waals surface area contributed by atoms with Gasteiger partial charge in [-0.2, -0.15) is 0 Å². The molecule has 2 aromatic rings. The van der Waals surface area contributed by atoms with E-state index in [0.717, 1.165) is 13.0 Å². The molecule has 0 unspecified atom stereocenters. The van der Waals surface area contributed by atoms with Crippen molar-refractivity contribution >= 4 is 34.3 Å². The molecule has 0 amide bonds. The Bertz CT molecular complexity index is 481. The lowest BCUT2D eigenvalue weighted by Crippen LogP contribution is -2.10. The summed E-state index contributed by atoms with van der Waals surface area (Å²) in [7, 11) is 1.88. The van der Waals surface area contributed by atoms with Gasteiger partial charge in [0.2, 0.25) is 0 Å². The second-order valence-electron chi connectivity index (χ2n) is 3.20. The fraction of sp³-hybridized carbons (Fsp3) is 0.300. The number of halogens is 2. The van der Waals surface area contributed by atoms with Gasteiger partial charge in [-0.05, 0) is 19.2 Å². The molecule has 2 rings (SSSR count). The Balaban J connectivity index is 2.41. The Morgan fingerprint density at radius 3 is 2.93 bits per heavy atom. The molecular formula is C10H10Cl2N2O. The second kappa shape index (κ2) is 4.39. The van der Waals surface area contributed by atoms with Crippen LogP contribution in [0, 0.1) is 0 Å². The molecule has 0 spiro atoms. The van der Waals surface area contributed by atoms with Gasteiger partial charge in [-0.15, -0.1) is 0 Å². The minimum atomic E-state index is 0.501. The second-order valence-corrected chi connectivity index (χ2v) is 4.04. The van der Waals surface area contributed by atoms with Crippen LogP contribution < -0.4 is 5.32 Å². The van der Waals surface area contributed by atoms with Crippen LogP contribution in [0.25, 0.3) is 11.1 Å². The van der Waals surface area contributed by atoms with E-state index < -0.39 is 0 Å². The molecule has 3 nitrogen and oxygen atoms in total. The van der Waals surface area contributed by atoms with Gasteiger partial charge in [-0.25, -0.2) is 4.98 Å². The summed E-state index contributed by atoms with van der Waals surface area (Å²) in [5.41, 5.74) is 1.31. The van der Waals surface area contributed by atoms with Gasteiger partial charge in [0.15, 0.2) is 11.5 Å². The van der Waals surface area contributed by atoms with E-state index >= 15 is 0 Å². The van der Waals surface area contributed by atoms with E-state index in [-0.39, 0.29) is 0 Å². The first kappa shape index (κ1) is 10.7. The van der Waals surface area contributed by atoms with E-state index in [4.69, 9.17) is 27.6 Å². The number of rotatable bonds is 3. The molecule has 0 aliphatic rings. The molecule has 5 heteroatoms. The summed E-state index contributed by atoms with van der Waals surface area (Å²) in [6.07, 6.45) is 0.735. The van der Waals surface area contributed by atoms with Crippen LogP contribution >= 0.6 is 23.2 Å². The van der Waals surface area contributed by atoms with Crippen molar-refractivity contribution in [2.45, 2.75) is 6.42 Å². The van der Waals surface area contributed by atoms with Gasteiger partial charge >= 0.3 is 0 Å². The Labute approximate surface area is 97.4 Å². The Kier molecular flexibility index (Phi) is 3.14. The number of nitrogens with zero attached hydrogens (tertiary/aromatic N) is 1. The predicted molar refractivity (Wildman–Crippen MR) is 61.7 cm³/mol. The van der Waals surface area contributed by atoms with Crippen molar-refractivity contribution in [3.05, 3.63) is 28.1 Å². The highest BCUT2D eigenvalue weighted by atomic mass is 35.5. The molecule has 0 saturated heterocycles. The lowest BCUT2D eigenvalue weighted by Gasteiger charge is -1.92. The van der Waals surface area contributed by atoms with E-state index in [1.165, 1.54) is 0 Å². The zero-order chi connectivity index (χ0) is 10.8. The summed E-state index contributed by atoms with van der Waals surface area (Å²) in [6, 6.07) is 3.40. The maximum Gasteiger partial charge on any atom is 0.196 e. The van der Waals surface area contributed by atoms with Crippen molar-refractivity contribution < 1.29 is 4.42 Å². The average molecular weight is 245 g/mol. The molecule has 80 valence electrons. The topological polar surface area (TPSA) is 38.1 Å². The molecule has 15 heavy (non-hydrogen) atoms. The van der Waals surface area contributed by atoms with Crippen LogP contribution in [0.4, 0.5) is 0 Å². The van der Waals surface area contributed by atoms with Crippen molar-refractivity contribution in [2.75, 3.05) is 13.6 Å². The fourth-order valence-electron chi connectivity index (χ4n) is 1.34. The minimum Gasteiger partial charge on any atom is -0.439 e. The monoisotopic (exact) mass is 244 g/mol. The van der Waals surface area contributed by atoms with Crippen LogP contribution in [0.5, 0.6) is 0 Å². The van der Waals surface area contributed by atoms with E-state index in [9.17, 15) is 0 Å². The first-order chi connectivity index (χ1) is 7.20. The number of hydrogen-bond donors (Lipinski definition) is 1. The predicted octanol–water partition coefficient (Wildman–Crippen LogP) is 2.90. The van der Waals surface area contributed by atoms with E-state index in [1.807, 2.05) is 7.05 Å². The zero-order valence-electron chi connectivity index (χ0n) is 8.18. The molecule has 0 saturated carbocycles. The third-order valence-electron chi connectivity index (χ3n) is 2.04. The molecule has 0 atom stereocenters. The van der Waals surface area contributed by atoms with Crippen molar-refractivity contribution in [3.8, 4) is 0 Å². The summed E-state index contributed by atoms with van der Waals surface area (Å²) in [5, 5.41) is 4.10. The third kappa shape index (κ3) is 2.25. The van der Waals surface area contributed by atoms with Crippen molar-refractivity contribution in [1.29, 1.82) is 0 Å². The van der Waals surface area contributed by atoms with Gasteiger partial charge in [-0.3, -0.25) is 0 Å². The lowest BCUT2D eigenvalue weighted by molar-refractivity contribution is 0.522. The number of oxazole rings is 1. The van der Waals surface area contributed by atoms with Crippen molar-refractivity contribution in [1.82, 2.24) is 10.3 Å². The number of likely N-dealkylation sites (N-methyl/N-ethyl adjacent to an activating group) is 1. The van der Waals surface area contributed by atoms with Crippen molar-refractivity contribution in [3.63, 3.8) is 0 Å². The minimum absolute atomic E-state index is 0.501.